The summed E-state index contributed by atoms with van der Waals surface area (Å²) in [6.45, 7) is 2.03. The Labute approximate surface area is 87.4 Å². The number of carbonyl (C=O) groups excluding carboxylic acids is 2. The molecule has 0 unspecified atom stereocenters. The second-order valence-corrected chi connectivity index (χ2v) is 3.39. The lowest BCUT2D eigenvalue weighted by atomic mass is 10.1. The van der Waals surface area contributed by atoms with E-state index >= 15 is 0 Å². The van der Waals surface area contributed by atoms with E-state index in [0.717, 1.165) is 25.3 Å². The van der Waals surface area contributed by atoms with Crippen molar-refractivity contribution < 1.29 is 19.5 Å². The molecule has 0 radical (unpaired) electrons. The summed E-state index contributed by atoms with van der Waals surface area (Å²) in [6, 6.07) is 0. The third-order valence-electron chi connectivity index (χ3n) is 2.24. The summed E-state index contributed by atoms with van der Waals surface area (Å²) in [5.74, 6) is -1.44. The third kappa shape index (κ3) is 2.43. The van der Waals surface area contributed by atoms with Crippen LogP contribution in [0.1, 0.15) is 32.6 Å². The maximum Gasteiger partial charge on any atom is 0.421 e. The average Bonchev–Trinajstić information content (AvgIpc) is 2.42. The predicted molar refractivity (Wildman–Crippen MR) is 52.1 cm³/mol. The lowest BCUT2D eigenvalue weighted by Gasteiger charge is -2.07. The van der Waals surface area contributed by atoms with Gasteiger partial charge >= 0.3 is 6.09 Å². The Kier molecular flexibility index (Phi) is 3.60. The first kappa shape index (κ1) is 11.4. The van der Waals surface area contributed by atoms with Gasteiger partial charge in [-0.15, -0.1) is 0 Å². The molecule has 82 valence electrons. The van der Waals surface area contributed by atoms with Gasteiger partial charge in [-0.25, -0.2) is 4.79 Å². The van der Waals surface area contributed by atoms with Crippen molar-refractivity contribution in [1.29, 1.82) is 0 Å². The van der Waals surface area contributed by atoms with Crippen LogP contribution in [-0.4, -0.2) is 27.9 Å². The van der Waals surface area contributed by atoms with Crippen LogP contribution in [-0.2, 0) is 9.59 Å². The fourth-order valence-electron chi connectivity index (χ4n) is 1.44. The van der Waals surface area contributed by atoms with E-state index in [4.69, 9.17) is 5.11 Å². The molecule has 0 atom stereocenters. The van der Waals surface area contributed by atoms with E-state index in [1.54, 1.807) is 0 Å². The summed E-state index contributed by atoms with van der Waals surface area (Å²) < 4.78 is 0. The van der Waals surface area contributed by atoms with E-state index in [9.17, 15) is 14.4 Å². The van der Waals surface area contributed by atoms with Gasteiger partial charge in [0.05, 0.1) is 0 Å². The van der Waals surface area contributed by atoms with Gasteiger partial charge in [0.25, 0.3) is 11.8 Å². The first-order chi connectivity index (χ1) is 7.07. The van der Waals surface area contributed by atoms with Crippen LogP contribution in [0.15, 0.2) is 11.6 Å². The number of rotatable bonds is 4. The quantitative estimate of drug-likeness (QED) is 0.565. The number of nitrogens with zero attached hydrogens (tertiary/aromatic N) is 1. The Hall–Kier alpha value is -1.65. The molecule has 0 spiro atoms. The second-order valence-electron chi connectivity index (χ2n) is 3.39. The molecule has 1 rings (SSSR count). The summed E-state index contributed by atoms with van der Waals surface area (Å²) in [7, 11) is 0. The molecule has 1 aliphatic heterocycles. The number of unbranched alkanes of at least 4 members (excludes halogenated alkanes) is 2. The lowest BCUT2D eigenvalue weighted by molar-refractivity contribution is -0.134. The van der Waals surface area contributed by atoms with E-state index < -0.39 is 17.9 Å². The smallest absolute Gasteiger partial charge is 0.421 e. The van der Waals surface area contributed by atoms with Crippen LogP contribution in [0.3, 0.4) is 0 Å². The third-order valence-corrected chi connectivity index (χ3v) is 2.24. The summed E-state index contributed by atoms with van der Waals surface area (Å²) in [4.78, 5) is 33.3. The number of carbonyl (C=O) groups is 3. The highest BCUT2D eigenvalue weighted by molar-refractivity contribution is 6.23. The van der Waals surface area contributed by atoms with E-state index in [0.29, 0.717) is 12.0 Å². The van der Waals surface area contributed by atoms with Gasteiger partial charge in [-0.05, 0) is 12.8 Å². The molecule has 5 nitrogen and oxygen atoms in total. The minimum atomic E-state index is -1.51. The highest BCUT2D eigenvalue weighted by Crippen LogP contribution is 2.18. The van der Waals surface area contributed by atoms with Crippen molar-refractivity contribution in [2.45, 2.75) is 32.6 Å². The number of hydrogen-bond donors (Lipinski definition) is 1. The highest BCUT2D eigenvalue weighted by atomic mass is 16.4. The monoisotopic (exact) mass is 211 g/mol. The minimum absolute atomic E-state index is 0.251. The summed E-state index contributed by atoms with van der Waals surface area (Å²) in [5, 5.41) is 8.59. The van der Waals surface area contributed by atoms with Gasteiger partial charge < -0.3 is 5.11 Å². The molecule has 0 aromatic heterocycles. The van der Waals surface area contributed by atoms with Crippen LogP contribution in [0.5, 0.6) is 0 Å². The Morgan fingerprint density at radius 2 is 2.07 bits per heavy atom. The average molecular weight is 211 g/mol. The molecule has 1 heterocycles. The van der Waals surface area contributed by atoms with E-state index in [2.05, 4.69) is 0 Å². The van der Waals surface area contributed by atoms with Crippen LogP contribution in [0, 0.1) is 0 Å². The summed E-state index contributed by atoms with van der Waals surface area (Å²) >= 11 is 0. The SMILES string of the molecule is CCCCCC1=CC(=O)N(C(=O)O)C1=O. The largest absolute Gasteiger partial charge is 0.464 e. The normalized spacial score (nSPS) is 15.8. The molecule has 0 bridgehead atoms. The zero-order valence-corrected chi connectivity index (χ0v) is 8.52. The van der Waals surface area contributed by atoms with E-state index in [1.807, 2.05) is 6.92 Å². The predicted octanol–water partition coefficient (Wildman–Crippen LogP) is 1.54. The van der Waals surface area contributed by atoms with Crippen molar-refractivity contribution in [3.8, 4) is 0 Å². The number of hydrogen-bond acceptors (Lipinski definition) is 3. The van der Waals surface area contributed by atoms with Gasteiger partial charge in [0.2, 0.25) is 0 Å². The molecular weight excluding hydrogens is 198 g/mol. The molecule has 0 aromatic carbocycles. The van der Waals surface area contributed by atoms with Crippen LogP contribution < -0.4 is 0 Å². The van der Waals surface area contributed by atoms with Gasteiger partial charge in [0, 0.05) is 11.6 Å². The van der Waals surface area contributed by atoms with E-state index in [-0.39, 0.29) is 4.90 Å². The molecule has 1 aliphatic rings. The van der Waals surface area contributed by atoms with Crippen molar-refractivity contribution in [2.75, 3.05) is 0 Å². The maximum atomic E-state index is 11.4. The zero-order valence-electron chi connectivity index (χ0n) is 8.52. The lowest BCUT2D eigenvalue weighted by Crippen LogP contribution is -2.35. The van der Waals surface area contributed by atoms with Gasteiger partial charge in [-0.1, -0.05) is 19.8 Å². The second kappa shape index (κ2) is 4.72. The summed E-state index contributed by atoms with van der Waals surface area (Å²) in [5.41, 5.74) is 0.302. The molecule has 0 fully saturated rings. The Bertz CT molecular complexity index is 332. The molecule has 3 amide bonds. The fraction of sp³-hybridized carbons (Fsp3) is 0.500. The van der Waals surface area contributed by atoms with Crippen molar-refractivity contribution in [2.24, 2.45) is 0 Å². The molecule has 5 heteroatoms. The van der Waals surface area contributed by atoms with Gasteiger partial charge in [-0.2, -0.15) is 4.90 Å². The Balaban J connectivity index is 2.62. The highest BCUT2D eigenvalue weighted by Gasteiger charge is 2.35. The van der Waals surface area contributed by atoms with Crippen LogP contribution in [0.2, 0.25) is 0 Å². The van der Waals surface area contributed by atoms with Gasteiger partial charge in [-0.3, -0.25) is 9.59 Å². The maximum absolute atomic E-state index is 11.4. The number of imide groups is 3. The zero-order chi connectivity index (χ0) is 11.4. The number of amides is 3. The van der Waals surface area contributed by atoms with Crippen molar-refractivity contribution >= 4 is 17.9 Å². The molecule has 0 saturated carbocycles. The summed E-state index contributed by atoms with van der Waals surface area (Å²) in [6.07, 6.45) is 2.86. The Morgan fingerprint density at radius 1 is 1.40 bits per heavy atom. The van der Waals surface area contributed by atoms with E-state index in [1.165, 1.54) is 0 Å². The van der Waals surface area contributed by atoms with Gasteiger partial charge in [0.15, 0.2) is 0 Å². The van der Waals surface area contributed by atoms with Crippen LogP contribution in [0.4, 0.5) is 4.79 Å². The molecule has 1 N–H and O–H groups in total. The van der Waals surface area contributed by atoms with Crippen molar-refractivity contribution in [1.82, 2.24) is 4.90 Å². The van der Waals surface area contributed by atoms with Crippen molar-refractivity contribution in [3.63, 3.8) is 0 Å². The first-order valence-electron chi connectivity index (χ1n) is 4.89. The van der Waals surface area contributed by atoms with Crippen LogP contribution >= 0.6 is 0 Å². The van der Waals surface area contributed by atoms with Gasteiger partial charge in [0.1, 0.15) is 0 Å². The standard InChI is InChI=1S/C10H13NO4/c1-2-3-4-5-7-6-8(12)11(9(7)13)10(14)15/h6H,2-5H2,1H3,(H,14,15). The molecular formula is C10H13NO4. The molecule has 0 saturated heterocycles. The molecule has 15 heavy (non-hydrogen) atoms. The topological polar surface area (TPSA) is 74.7 Å². The fourth-order valence-corrected chi connectivity index (χ4v) is 1.44. The Morgan fingerprint density at radius 3 is 2.53 bits per heavy atom. The first-order valence-corrected chi connectivity index (χ1v) is 4.89. The van der Waals surface area contributed by atoms with Crippen LogP contribution in [0.25, 0.3) is 0 Å². The minimum Gasteiger partial charge on any atom is -0.464 e. The molecule has 0 aliphatic carbocycles. The number of carboxylic acid groups (broad SMARTS) is 1. The van der Waals surface area contributed by atoms with Crippen molar-refractivity contribution in [3.05, 3.63) is 11.6 Å². The molecule has 0 aromatic rings.